The monoisotopic (exact) mass is 576 g/mol. The average Bonchev–Trinajstić information content (AvgIpc) is 3.29. The fourth-order valence-electron chi connectivity index (χ4n) is 4.19. The van der Waals surface area contributed by atoms with Crippen LogP contribution in [0.3, 0.4) is 0 Å². The molecule has 0 unspecified atom stereocenters. The molecular formula is C27H29BrN8O2. The predicted molar refractivity (Wildman–Crippen MR) is 154 cm³/mol. The van der Waals surface area contributed by atoms with Crippen molar-refractivity contribution in [1.29, 1.82) is 0 Å². The first kappa shape index (κ1) is 25.8. The minimum Gasteiger partial charge on any atom is -0.378 e. The third kappa shape index (κ3) is 6.18. The Kier molecular flexibility index (Phi) is 7.97. The van der Waals surface area contributed by atoms with Crippen LogP contribution in [0, 0.1) is 0 Å². The van der Waals surface area contributed by atoms with Gasteiger partial charge in [0.2, 0.25) is 11.9 Å². The van der Waals surface area contributed by atoms with Crippen molar-refractivity contribution in [2.45, 2.75) is 0 Å². The number of carbonyl (C=O) groups is 1. The molecular weight excluding hydrogens is 548 g/mol. The van der Waals surface area contributed by atoms with E-state index in [4.69, 9.17) is 9.72 Å². The summed E-state index contributed by atoms with van der Waals surface area (Å²) in [5, 5.41) is 14.3. The van der Waals surface area contributed by atoms with E-state index in [0.29, 0.717) is 34.1 Å². The molecule has 3 N–H and O–H groups in total. The number of likely N-dealkylation sites (N-methyl/N-ethyl adjacent to an activating group) is 1. The maximum atomic E-state index is 12.4. The van der Waals surface area contributed by atoms with Gasteiger partial charge in [-0.15, -0.1) is 0 Å². The number of benzene rings is 2. The molecule has 2 aromatic heterocycles. The Bertz CT molecular complexity index is 1460. The summed E-state index contributed by atoms with van der Waals surface area (Å²) in [6, 6.07) is 15.7. The van der Waals surface area contributed by atoms with Crippen molar-refractivity contribution in [1.82, 2.24) is 25.1 Å². The van der Waals surface area contributed by atoms with Crippen molar-refractivity contribution in [2.24, 2.45) is 0 Å². The van der Waals surface area contributed by atoms with E-state index in [0.717, 1.165) is 48.6 Å². The number of morpholine rings is 1. The van der Waals surface area contributed by atoms with E-state index in [1.165, 1.54) is 6.08 Å². The highest BCUT2D eigenvalue weighted by Crippen LogP contribution is 2.33. The Morgan fingerprint density at radius 2 is 1.92 bits per heavy atom. The summed E-state index contributed by atoms with van der Waals surface area (Å²) in [4.78, 5) is 26.2. The second kappa shape index (κ2) is 11.7. The number of amides is 1. The first-order chi connectivity index (χ1) is 18.5. The zero-order valence-corrected chi connectivity index (χ0v) is 22.8. The number of nitrogens with one attached hydrogen (secondary N) is 3. The summed E-state index contributed by atoms with van der Waals surface area (Å²) < 4.78 is 6.10. The zero-order chi connectivity index (χ0) is 26.5. The maximum Gasteiger partial charge on any atom is 0.248 e. The molecule has 196 valence electrons. The smallest absolute Gasteiger partial charge is 0.248 e. The number of anilines is 4. The second-order valence-electron chi connectivity index (χ2n) is 9.14. The van der Waals surface area contributed by atoms with E-state index in [2.05, 4.69) is 58.8 Å². The molecule has 10 nitrogen and oxygen atoms in total. The number of carbonyl (C=O) groups excluding carboxylic acids is 1. The summed E-state index contributed by atoms with van der Waals surface area (Å²) >= 11 is 3.52. The summed E-state index contributed by atoms with van der Waals surface area (Å²) in [7, 11) is 3.90. The predicted octanol–water partition coefficient (Wildman–Crippen LogP) is 4.42. The van der Waals surface area contributed by atoms with Crippen molar-refractivity contribution >= 4 is 55.9 Å². The number of halogens is 1. The third-order valence-electron chi connectivity index (χ3n) is 6.00. The molecule has 5 rings (SSSR count). The van der Waals surface area contributed by atoms with E-state index >= 15 is 0 Å². The summed E-state index contributed by atoms with van der Waals surface area (Å²) in [5.74, 6) is 0.243. The molecule has 0 spiro atoms. The molecule has 1 fully saturated rings. The van der Waals surface area contributed by atoms with Gasteiger partial charge >= 0.3 is 0 Å². The highest BCUT2D eigenvalue weighted by atomic mass is 79.9. The van der Waals surface area contributed by atoms with Crippen molar-refractivity contribution in [2.75, 3.05) is 62.5 Å². The van der Waals surface area contributed by atoms with Crippen molar-refractivity contribution < 1.29 is 9.53 Å². The molecule has 0 aliphatic carbocycles. The number of hydrogen-bond donors (Lipinski definition) is 3. The van der Waals surface area contributed by atoms with E-state index in [-0.39, 0.29) is 5.91 Å². The van der Waals surface area contributed by atoms with Gasteiger partial charge in [0, 0.05) is 48.3 Å². The average molecular weight is 577 g/mol. The lowest BCUT2D eigenvalue weighted by atomic mass is 10.1. The topological polar surface area (TPSA) is 111 Å². The largest absolute Gasteiger partial charge is 0.378 e. The third-order valence-corrected chi connectivity index (χ3v) is 6.57. The van der Waals surface area contributed by atoms with E-state index in [1.54, 1.807) is 0 Å². The van der Waals surface area contributed by atoms with Crippen molar-refractivity contribution in [3.8, 4) is 11.3 Å². The first-order valence-corrected chi connectivity index (χ1v) is 13.1. The van der Waals surface area contributed by atoms with Crippen molar-refractivity contribution in [3.05, 3.63) is 65.3 Å². The van der Waals surface area contributed by atoms with Crippen LogP contribution in [0.1, 0.15) is 0 Å². The fourth-order valence-corrected chi connectivity index (χ4v) is 4.65. The van der Waals surface area contributed by atoms with E-state index in [9.17, 15) is 4.79 Å². The standard InChI is InChI=1S/C27H29BrN8O2/c1-35(2)11-5-10-22(37)29-19-7-3-6-18(16-19)24-23-25(28)33-34-26(23)32-27(31-24)30-20-8-4-9-21(17-20)36-12-14-38-15-13-36/h3-10,16-17H,11-15H2,1-2H3,(H,29,37)(H2,30,31,32,33,34)/b10-5+. The molecule has 38 heavy (non-hydrogen) atoms. The number of nitrogens with zero attached hydrogens (tertiary/aromatic N) is 5. The van der Waals surface area contributed by atoms with Gasteiger partial charge in [-0.1, -0.05) is 24.3 Å². The molecule has 3 heterocycles. The van der Waals surface area contributed by atoms with Crippen LogP contribution in [0.25, 0.3) is 22.3 Å². The van der Waals surface area contributed by atoms with Gasteiger partial charge in [-0.3, -0.25) is 9.89 Å². The molecule has 1 aliphatic heterocycles. The highest BCUT2D eigenvalue weighted by Gasteiger charge is 2.17. The van der Waals surface area contributed by atoms with Crippen LogP contribution in [-0.4, -0.2) is 77.9 Å². The number of H-pyrrole nitrogens is 1. The summed E-state index contributed by atoms with van der Waals surface area (Å²) in [6.07, 6.45) is 3.36. The van der Waals surface area contributed by atoms with Gasteiger partial charge in [0.15, 0.2) is 5.65 Å². The quantitative estimate of drug-likeness (QED) is 0.264. The molecule has 2 aromatic carbocycles. The van der Waals surface area contributed by atoms with E-state index < -0.39 is 0 Å². The lowest BCUT2D eigenvalue weighted by molar-refractivity contribution is -0.111. The Morgan fingerprint density at radius 3 is 2.74 bits per heavy atom. The highest BCUT2D eigenvalue weighted by molar-refractivity contribution is 9.10. The Hall–Kier alpha value is -3.80. The van der Waals surface area contributed by atoms with Crippen LogP contribution in [-0.2, 0) is 9.53 Å². The zero-order valence-electron chi connectivity index (χ0n) is 21.2. The van der Waals surface area contributed by atoms with E-state index in [1.807, 2.05) is 61.5 Å². The minimum absolute atomic E-state index is 0.191. The SMILES string of the molecule is CN(C)C/C=C/C(=O)Nc1cccc(-c2nc(Nc3cccc(N4CCOCC4)c3)nc3[nH]nc(Br)c23)c1. The van der Waals surface area contributed by atoms with Crippen LogP contribution in [0.5, 0.6) is 0 Å². The number of rotatable bonds is 8. The van der Waals surface area contributed by atoms with Crippen LogP contribution >= 0.6 is 15.9 Å². The normalized spacial score (nSPS) is 13.9. The van der Waals surface area contributed by atoms with Crippen molar-refractivity contribution in [3.63, 3.8) is 0 Å². The van der Waals surface area contributed by atoms with Crippen LogP contribution in [0.15, 0.2) is 65.3 Å². The lowest BCUT2D eigenvalue weighted by Gasteiger charge is -2.29. The maximum absolute atomic E-state index is 12.4. The van der Waals surface area contributed by atoms with Gasteiger partial charge < -0.3 is 25.2 Å². The Balaban J connectivity index is 1.43. The summed E-state index contributed by atoms with van der Waals surface area (Å²) in [6.45, 7) is 3.85. The Labute approximate surface area is 229 Å². The van der Waals surface area contributed by atoms with Gasteiger partial charge in [0.25, 0.3) is 0 Å². The fraction of sp³-hybridized carbons (Fsp3) is 0.259. The minimum atomic E-state index is -0.191. The Morgan fingerprint density at radius 1 is 1.13 bits per heavy atom. The molecule has 0 atom stereocenters. The molecule has 11 heteroatoms. The molecule has 4 aromatic rings. The number of aromatic nitrogens is 4. The molecule has 0 saturated carbocycles. The lowest BCUT2D eigenvalue weighted by Crippen LogP contribution is -2.36. The van der Waals surface area contributed by atoms with Crippen LogP contribution in [0.4, 0.5) is 23.0 Å². The van der Waals surface area contributed by atoms with Gasteiger partial charge in [-0.05, 0) is 60.4 Å². The number of hydrogen-bond acceptors (Lipinski definition) is 8. The van der Waals surface area contributed by atoms with Gasteiger partial charge in [-0.25, -0.2) is 4.98 Å². The molecule has 0 radical (unpaired) electrons. The van der Waals surface area contributed by atoms with Gasteiger partial charge in [0.05, 0.1) is 24.3 Å². The summed E-state index contributed by atoms with van der Waals surface area (Å²) in [5.41, 5.74) is 4.76. The molecule has 1 saturated heterocycles. The first-order valence-electron chi connectivity index (χ1n) is 12.3. The second-order valence-corrected chi connectivity index (χ2v) is 9.89. The van der Waals surface area contributed by atoms with Gasteiger partial charge in [-0.2, -0.15) is 10.1 Å². The van der Waals surface area contributed by atoms with Crippen LogP contribution < -0.4 is 15.5 Å². The molecule has 1 amide bonds. The number of fused-ring (bicyclic) bond motifs is 1. The molecule has 1 aliphatic rings. The number of aromatic amines is 1. The number of ether oxygens (including phenoxy) is 1. The molecule has 0 bridgehead atoms. The van der Waals surface area contributed by atoms with Gasteiger partial charge in [0.1, 0.15) is 4.60 Å². The van der Waals surface area contributed by atoms with Crippen LogP contribution in [0.2, 0.25) is 0 Å².